The van der Waals surface area contributed by atoms with Crippen molar-refractivity contribution in [1.82, 2.24) is 14.3 Å². The number of amides is 1. The summed E-state index contributed by atoms with van der Waals surface area (Å²) in [6, 6.07) is 6.73. The molecule has 1 aliphatic heterocycles. The number of sulfonamides is 1. The van der Waals surface area contributed by atoms with E-state index in [1.165, 1.54) is 11.2 Å². The van der Waals surface area contributed by atoms with E-state index in [4.69, 9.17) is 0 Å². The van der Waals surface area contributed by atoms with Crippen LogP contribution in [0, 0.1) is 13.8 Å². The molecule has 0 atom stereocenters. The molecule has 1 saturated heterocycles. The van der Waals surface area contributed by atoms with Crippen molar-refractivity contribution in [2.45, 2.75) is 32.6 Å². The molecule has 1 aromatic carbocycles. The second kappa shape index (κ2) is 8.97. The number of piperazine rings is 1. The highest BCUT2D eigenvalue weighted by Crippen LogP contribution is 2.25. The lowest BCUT2D eigenvalue weighted by Crippen LogP contribution is -2.49. The Bertz CT molecular complexity index is 1030. The highest BCUT2D eigenvalue weighted by atomic mass is 32.2. The molecule has 0 bridgehead atoms. The van der Waals surface area contributed by atoms with Crippen LogP contribution >= 0.6 is 0 Å². The van der Waals surface area contributed by atoms with E-state index in [1.807, 2.05) is 24.8 Å². The van der Waals surface area contributed by atoms with Crippen molar-refractivity contribution in [3.8, 4) is 0 Å². The van der Waals surface area contributed by atoms with Crippen molar-refractivity contribution in [3.05, 3.63) is 35.5 Å². The predicted octanol–water partition coefficient (Wildman–Crippen LogP) is 1.99. The molecule has 2 heterocycles. The average Bonchev–Trinajstić information content (AvgIpc) is 2.67. The van der Waals surface area contributed by atoms with Crippen LogP contribution in [0.4, 0.5) is 17.5 Å². The van der Waals surface area contributed by atoms with E-state index < -0.39 is 10.0 Å². The molecule has 9 nitrogen and oxygen atoms in total. The van der Waals surface area contributed by atoms with Gasteiger partial charge < -0.3 is 15.5 Å². The first-order chi connectivity index (χ1) is 14.2. The van der Waals surface area contributed by atoms with Crippen LogP contribution in [-0.4, -0.2) is 61.3 Å². The fraction of sp³-hybridized carbons (Fsp3) is 0.450. The van der Waals surface area contributed by atoms with Gasteiger partial charge in [-0.15, -0.1) is 0 Å². The Hall–Kier alpha value is -2.72. The van der Waals surface area contributed by atoms with Gasteiger partial charge in [-0.2, -0.15) is 9.29 Å². The minimum atomic E-state index is -3.63. The molecule has 0 spiro atoms. The number of nitrogens with zero attached hydrogens (tertiary/aromatic N) is 4. The summed E-state index contributed by atoms with van der Waals surface area (Å²) in [6.45, 7) is 9.56. The van der Waals surface area contributed by atoms with Gasteiger partial charge in [0.05, 0.1) is 4.90 Å². The predicted molar refractivity (Wildman–Crippen MR) is 117 cm³/mol. The monoisotopic (exact) mass is 432 g/mol. The van der Waals surface area contributed by atoms with E-state index in [-0.39, 0.29) is 10.8 Å². The van der Waals surface area contributed by atoms with Gasteiger partial charge in [-0.25, -0.2) is 13.4 Å². The second-order valence-corrected chi connectivity index (χ2v) is 9.18. The highest BCUT2D eigenvalue weighted by molar-refractivity contribution is 7.89. The molecule has 2 N–H and O–H groups in total. The SMILES string of the molecule is CCNc1cc(C)nc(N2CCN(S(=O)(=O)c3ccc(NC(C)=O)cc3C)CC2)n1. The van der Waals surface area contributed by atoms with Gasteiger partial charge in [0.2, 0.25) is 21.9 Å². The number of carbonyl (C=O) groups excluding carboxylic acids is 1. The van der Waals surface area contributed by atoms with Crippen LogP contribution in [0.5, 0.6) is 0 Å². The topological polar surface area (TPSA) is 108 Å². The Labute approximate surface area is 177 Å². The number of hydrogen-bond donors (Lipinski definition) is 2. The van der Waals surface area contributed by atoms with Gasteiger partial charge >= 0.3 is 0 Å². The molecular formula is C20H28N6O3S. The molecule has 0 aliphatic carbocycles. The number of aryl methyl sites for hydroxylation is 2. The van der Waals surface area contributed by atoms with E-state index in [9.17, 15) is 13.2 Å². The zero-order valence-electron chi connectivity index (χ0n) is 17.8. The van der Waals surface area contributed by atoms with E-state index in [2.05, 4.69) is 20.6 Å². The Morgan fingerprint density at radius 2 is 1.80 bits per heavy atom. The van der Waals surface area contributed by atoms with Crippen molar-refractivity contribution in [1.29, 1.82) is 0 Å². The van der Waals surface area contributed by atoms with Gasteiger partial charge in [0.25, 0.3) is 0 Å². The highest BCUT2D eigenvalue weighted by Gasteiger charge is 2.30. The number of aromatic nitrogens is 2. The van der Waals surface area contributed by atoms with Gasteiger partial charge in [-0.3, -0.25) is 4.79 Å². The van der Waals surface area contributed by atoms with Crippen molar-refractivity contribution in [2.75, 3.05) is 48.3 Å². The van der Waals surface area contributed by atoms with Gasteiger partial charge in [-0.05, 0) is 44.5 Å². The molecule has 0 radical (unpaired) electrons. The third kappa shape index (κ3) is 4.88. The lowest BCUT2D eigenvalue weighted by atomic mass is 10.2. The third-order valence-corrected chi connectivity index (χ3v) is 6.89. The van der Waals surface area contributed by atoms with Gasteiger partial charge in [0, 0.05) is 57.1 Å². The van der Waals surface area contributed by atoms with Gasteiger partial charge in [-0.1, -0.05) is 0 Å². The average molecular weight is 433 g/mol. The first-order valence-corrected chi connectivity index (χ1v) is 11.4. The number of rotatable bonds is 6. The molecular weight excluding hydrogens is 404 g/mol. The van der Waals surface area contributed by atoms with Crippen LogP contribution in [0.1, 0.15) is 25.1 Å². The molecule has 30 heavy (non-hydrogen) atoms. The Kier molecular flexibility index (Phi) is 6.57. The number of benzene rings is 1. The molecule has 1 aliphatic rings. The van der Waals surface area contributed by atoms with Crippen LogP contribution in [0.15, 0.2) is 29.2 Å². The smallest absolute Gasteiger partial charge is 0.243 e. The van der Waals surface area contributed by atoms with Crippen LogP contribution in [-0.2, 0) is 14.8 Å². The third-order valence-electron chi connectivity index (χ3n) is 4.83. The molecule has 1 fully saturated rings. The summed E-state index contributed by atoms with van der Waals surface area (Å²) < 4.78 is 27.8. The van der Waals surface area contributed by atoms with Crippen molar-refractivity contribution in [2.24, 2.45) is 0 Å². The number of nitrogens with one attached hydrogen (secondary N) is 2. The van der Waals surface area contributed by atoms with E-state index >= 15 is 0 Å². The fourth-order valence-electron chi connectivity index (χ4n) is 3.45. The van der Waals surface area contributed by atoms with E-state index in [1.54, 1.807) is 25.1 Å². The molecule has 10 heteroatoms. The number of anilines is 3. The molecule has 3 rings (SSSR count). The number of carbonyl (C=O) groups is 1. The Morgan fingerprint density at radius 1 is 1.10 bits per heavy atom. The van der Waals surface area contributed by atoms with Crippen molar-refractivity contribution in [3.63, 3.8) is 0 Å². The molecule has 1 amide bonds. The fourth-order valence-corrected chi connectivity index (χ4v) is 5.08. The molecule has 1 aromatic heterocycles. The van der Waals surface area contributed by atoms with Crippen LogP contribution < -0.4 is 15.5 Å². The first-order valence-electron chi connectivity index (χ1n) is 9.93. The molecule has 0 saturated carbocycles. The summed E-state index contributed by atoms with van der Waals surface area (Å²) in [5.74, 6) is 1.18. The largest absolute Gasteiger partial charge is 0.370 e. The lowest BCUT2D eigenvalue weighted by Gasteiger charge is -2.34. The maximum absolute atomic E-state index is 13.2. The van der Waals surface area contributed by atoms with Crippen LogP contribution in [0.25, 0.3) is 0 Å². The minimum absolute atomic E-state index is 0.197. The summed E-state index contributed by atoms with van der Waals surface area (Å²) in [5, 5.41) is 5.87. The van der Waals surface area contributed by atoms with Crippen molar-refractivity contribution < 1.29 is 13.2 Å². The first kappa shape index (κ1) is 22.0. The quantitative estimate of drug-likeness (QED) is 0.719. The maximum Gasteiger partial charge on any atom is 0.243 e. The molecule has 0 unspecified atom stereocenters. The van der Waals surface area contributed by atoms with Crippen molar-refractivity contribution >= 4 is 33.4 Å². The Morgan fingerprint density at radius 3 is 2.40 bits per heavy atom. The zero-order valence-corrected chi connectivity index (χ0v) is 18.6. The summed E-state index contributed by atoms with van der Waals surface area (Å²) >= 11 is 0. The van der Waals surface area contributed by atoms with Crippen LogP contribution in [0.2, 0.25) is 0 Å². The molecule has 2 aromatic rings. The van der Waals surface area contributed by atoms with E-state index in [0.717, 1.165) is 18.1 Å². The normalized spacial score (nSPS) is 15.1. The van der Waals surface area contributed by atoms with Gasteiger partial charge in [0.1, 0.15) is 5.82 Å². The zero-order chi connectivity index (χ0) is 21.9. The lowest BCUT2D eigenvalue weighted by molar-refractivity contribution is -0.114. The summed E-state index contributed by atoms with van der Waals surface area (Å²) in [4.78, 5) is 22.5. The van der Waals surface area contributed by atoms with Gasteiger partial charge in [0.15, 0.2) is 0 Å². The Balaban J connectivity index is 1.73. The van der Waals surface area contributed by atoms with E-state index in [0.29, 0.717) is 43.4 Å². The summed E-state index contributed by atoms with van der Waals surface area (Å²) in [7, 11) is -3.63. The summed E-state index contributed by atoms with van der Waals surface area (Å²) in [5.41, 5.74) is 2.04. The maximum atomic E-state index is 13.2. The van der Waals surface area contributed by atoms with Crippen LogP contribution in [0.3, 0.4) is 0 Å². The summed E-state index contributed by atoms with van der Waals surface area (Å²) in [6.07, 6.45) is 0. The second-order valence-electron chi connectivity index (χ2n) is 7.28. The number of hydrogen-bond acceptors (Lipinski definition) is 7. The molecule has 162 valence electrons. The standard InChI is InChI=1S/C20H28N6O3S/c1-5-21-19-13-15(3)22-20(24-19)25-8-10-26(11-9-25)30(28,29)18-7-6-17(12-14(18)2)23-16(4)27/h6-7,12-13H,5,8-11H2,1-4H3,(H,23,27)(H,21,22,24). The minimum Gasteiger partial charge on any atom is -0.370 e.